The van der Waals surface area contributed by atoms with Crippen LogP contribution in [0.2, 0.25) is 0 Å². The zero-order chi connectivity index (χ0) is 14.5. The number of rotatable bonds is 5. The fraction of sp³-hybridized carbons (Fsp3) is 0.333. The second-order valence-corrected chi connectivity index (χ2v) is 5.46. The van der Waals surface area contributed by atoms with Crippen LogP contribution in [-0.2, 0) is 13.1 Å². The second kappa shape index (κ2) is 6.58. The van der Waals surface area contributed by atoms with Crippen molar-refractivity contribution in [1.29, 1.82) is 0 Å². The SMILES string of the molecule is COc1ccc(CN(C)Cc2ccc(C)cc2)cc1C. The highest BCUT2D eigenvalue weighted by molar-refractivity contribution is 5.36. The van der Waals surface area contributed by atoms with E-state index in [2.05, 4.69) is 62.2 Å². The zero-order valence-corrected chi connectivity index (χ0v) is 12.8. The molecule has 0 amide bonds. The van der Waals surface area contributed by atoms with E-state index in [0.29, 0.717) is 0 Å². The Hall–Kier alpha value is -1.80. The molecule has 0 saturated heterocycles. The van der Waals surface area contributed by atoms with Crippen LogP contribution in [0.3, 0.4) is 0 Å². The Balaban J connectivity index is 1.99. The monoisotopic (exact) mass is 269 g/mol. The molecular weight excluding hydrogens is 246 g/mol. The van der Waals surface area contributed by atoms with Crippen molar-refractivity contribution in [2.24, 2.45) is 0 Å². The highest BCUT2D eigenvalue weighted by Gasteiger charge is 2.04. The molecule has 2 heteroatoms. The molecule has 2 rings (SSSR count). The fourth-order valence-electron chi connectivity index (χ4n) is 2.41. The van der Waals surface area contributed by atoms with Gasteiger partial charge in [0, 0.05) is 13.1 Å². The third-order valence-electron chi connectivity index (χ3n) is 3.48. The lowest BCUT2D eigenvalue weighted by Gasteiger charge is -2.18. The first kappa shape index (κ1) is 14.6. The maximum Gasteiger partial charge on any atom is 0.121 e. The summed E-state index contributed by atoms with van der Waals surface area (Å²) in [5.41, 5.74) is 5.16. The second-order valence-electron chi connectivity index (χ2n) is 5.46. The van der Waals surface area contributed by atoms with Gasteiger partial charge < -0.3 is 4.74 Å². The van der Waals surface area contributed by atoms with E-state index in [0.717, 1.165) is 18.8 Å². The van der Waals surface area contributed by atoms with Crippen LogP contribution in [0, 0.1) is 13.8 Å². The van der Waals surface area contributed by atoms with E-state index < -0.39 is 0 Å². The minimum Gasteiger partial charge on any atom is -0.496 e. The van der Waals surface area contributed by atoms with Crippen molar-refractivity contribution in [1.82, 2.24) is 4.90 Å². The lowest BCUT2D eigenvalue weighted by atomic mass is 10.1. The molecular formula is C18H23NO. The van der Waals surface area contributed by atoms with Gasteiger partial charge in [-0.3, -0.25) is 4.90 Å². The standard InChI is InChI=1S/C18H23NO/c1-14-5-7-16(8-6-14)12-19(3)13-17-9-10-18(20-4)15(2)11-17/h5-11H,12-13H2,1-4H3. The van der Waals surface area contributed by atoms with Crippen molar-refractivity contribution in [3.8, 4) is 5.75 Å². The van der Waals surface area contributed by atoms with Gasteiger partial charge in [-0.2, -0.15) is 0 Å². The smallest absolute Gasteiger partial charge is 0.121 e. The van der Waals surface area contributed by atoms with Crippen LogP contribution in [0.4, 0.5) is 0 Å². The first-order chi connectivity index (χ1) is 9.58. The van der Waals surface area contributed by atoms with Gasteiger partial charge in [-0.15, -0.1) is 0 Å². The molecule has 0 aliphatic carbocycles. The van der Waals surface area contributed by atoms with Crippen molar-refractivity contribution in [2.45, 2.75) is 26.9 Å². The van der Waals surface area contributed by atoms with Gasteiger partial charge in [-0.25, -0.2) is 0 Å². The third-order valence-corrected chi connectivity index (χ3v) is 3.48. The molecule has 0 N–H and O–H groups in total. The number of methoxy groups -OCH3 is 1. The van der Waals surface area contributed by atoms with E-state index in [1.165, 1.54) is 22.3 Å². The number of nitrogens with zero attached hydrogens (tertiary/aromatic N) is 1. The van der Waals surface area contributed by atoms with E-state index in [4.69, 9.17) is 4.74 Å². The molecule has 106 valence electrons. The van der Waals surface area contributed by atoms with Crippen molar-refractivity contribution in [3.63, 3.8) is 0 Å². The Bertz CT molecular complexity index is 560. The number of aryl methyl sites for hydroxylation is 2. The lowest BCUT2D eigenvalue weighted by molar-refractivity contribution is 0.318. The number of hydrogen-bond acceptors (Lipinski definition) is 2. The molecule has 0 aliphatic rings. The molecule has 2 nitrogen and oxygen atoms in total. The Kier molecular flexibility index (Phi) is 4.80. The molecule has 0 heterocycles. The molecule has 0 radical (unpaired) electrons. The summed E-state index contributed by atoms with van der Waals surface area (Å²) in [5.74, 6) is 0.954. The summed E-state index contributed by atoms with van der Waals surface area (Å²) in [6.45, 7) is 6.11. The predicted molar refractivity (Wildman–Crippen MR) is 84.1 cm³/mol. The van der Waals surface area contributed by atoms with Crippen LogP contribution in [0.1, 0.15) is 22.3 Å². The minimum atomic E-state index is 0.943. The van der Waals surface area contributed by atoms with Gasteiger partial charge in [0.05, 0.1) is 7.11 Å². The van der Waals surface area contributed by atoms with Crippen LogP contribution in [0.5, 0.6) is 5.75 Å². The summed E-state index contributed by atoms with van der Waals surface area (Å²) in [6, 6.07) is 15.1. The topological polar surface area (TPSA) is 12.5 Å². The molecule has 0 fully saturated rings. The third kappa shape index (κ3) is 3.84. The predicted octanol–water partition coefficient (Wildman–Crippen LogP) is 3.94. The minimum absolute atomic E-state index is 0.943. The highest BCUT2D eigenvalue weighted by atomic mass is 16.5. The van der Waals surface area contributed by atoms with E-state index in [1.807, 2.05) is 6.07 Å². The normalized spacial score (nSPS) is 10.8. The first-order valence-corrected chi connectivity index (χ1v) is 6.96. The Morgan fingerprint density at radius 3 is 2.10 bits per heavy atom. The van der Waals surface area contributed by atoms with Crippen LogP contribution >= 0.6 is 0 Å². The highest BCUT2D eigenvalue weighted by Crippen LogP contribution is 2.19. The van der Waals surface area contributed by atoms with E-state index in [9.17, 15) is 0 Å². The first-order valence-electron chi connectivity index (χ1n) is 6.96. The van der Waals surface area contributed by atoms with Gasteiger partial charge in [0.25, 0.3) is 0 Å². The summed E-state index contributed by atoms with van der Waals surface area (Å²) >= 11 is 0. The van der Waals surface area contributed by atoms with Gasteiger partial charge in [-0.05, 0) is 43.7 Å². The molecule has 0 atom stereocenters. The molecule has 2 aromatic rings. The molecule has 0 spiro atoms. The molecule has 0 saturated carbocycles. The van der Waals surface area contributed by atoms with Gasteiger partial charge in [0.15, 0.2) is 0 Å². The Morgan fingerprint density at radius 2 is 1.50 bits per heavy atom. The lowest BCUT2D eigenvalue weighted by Crippen LogP contribution is -2.17. The quantitative estimate of drug-likeness (QED) is 0.815. The summed E-state index contributed by atoms with van der Waals surface area (Å²) in [6.07, 6.45) is 0. The molecule has 20 heavy (non-hydrogen) atoms. The molecule has 0 bridgehead atoms. The van der Waals surface area contributed by atoms with Gasteiger partial charge >= 0.3 is 0 Å². The summed E-state index contributed by atoms with van der Waals surface area (Å²) in [7, 11) is 3.87. The van der Waals surface area contributed by atoms with E-state index >= 15 is 0 Å². The number of ether oxygens (including phenoxy) is 1. The Labute approximate surface area is 122 Å². The largest absolute Gasteiger partial charge is 0.496 e. The maximum atomic E-state index is 5.30. The zero-order valence-electron chi connectivity index (χ0n) is 12.8. The van der Waals surface area contributed by atoms with Crippen molar-refractivity contribution in [3.05, 3.63) is 64.7 Å². The number of benzene rings is 2. The van der Waals surface area contributed by atoms with Gasteiger partial charge in [0.2, 0.25) is 0 Å². The van der Waals surface area contributed by atoms with E-state index in [1.54, 1.807) is 7.11 Å². The Morgan fingerprint density at radius 1 is 0.900 bits per heavy atom. The summed E-state index contributed by atoms with van der Waals surface area (Å²) in [4.78, 5) is 2.33. The summed E-state index contributed by atoms with van der Waals surface area (Å²) in [5, 5.41) is 0. The molecule has 2 aromatic carbocycles. The van der Waals surface area contributed by atoms with Crippen LogP contribution in [0.15, 0.2) is 42.5 Å². The molecule has 0 aromatic heterocycles. The molecule has 0 unspecified atom stereocenters. The summed E-state index contributed by atoms with van der Waals surface area (Å²) < 4.78 is 5.30. The van der Waals surface area contributed by atoms with Gasteiger partial charge in [-0.1, -0.05) is 42.0 Å². The van der Waals surface area contributed by atoms with Crippen molar-refractivity contribution < 1.29 is 4.74 Å². The molecule has 0 aliphatic heterocycles. The van der Waals surface area contributed by atoms with Crippen LogP contribution < -0.4 is 4.74 Å². The van der Waals surface area contributed by atoms with Crippen molar-refractivity contribution in [2.75, 3.05) is 14.2 Å². The number of hydrogen-bond donors (Lipinski definition) is 0. The maximum absolute atomic E-state index is 5.30. The van der Waals surface area contributed by atoms with E-state index in [-0.39, 0.29) is 0 Å². The average molecular weight is 269 g/mol. The van der Waals surface area contributed by atoms with Crippen LogP contribution in [0.25, 0.3) is 0 Å². The average Bonchev–Trinajstić information content (AvgIpc) is 2.41. The van der Waals surface area contributed by atoms with Crippen LogP contribution in [-0.4, -0.2) is 19.1 Å². The van der Waals surface area contributed by atoms with Crippen molar-refractivity contribution >= 4 is 0 Å². The van der Waals surface area contributed by atoms with Gasteiger partial charge in [0.1, 0.15) is 5.75 Å². The fourth-order valence-corrected chi connectivity index (χ4v) is 2.41.